The number of ether oxygens (including phenoxy) is 4. The number of hydrogen-bond acceptors (Lipinski definition) is 8. The number of benzene rings is 2. The molecule has 0 saturated carbocycles. The van der Waals surface area contributed by atoms with Crippen molar-refractivity contribution in [2.24, 2.45) is 0 Å². The van der Waals surface area contributed by atoms with E-state index in [9.17, 15) is 14.7 Å². The Balaban J connectivity index is 1.70. The summed E-state index contributed by atoms with van der Waals surface area (Å²) in [7, 11) is 3.08. The number of hydrogen-bond donors (Lipinski definition) is 1. The lowest BCUT2D eigenvalue weighted by Crippen LogP contribution is -2.38. The number of likely N-dealkylation sites (tertiary alicyclic amines) is 1. The van der Waals surface area contributed by atoms with Crippen LogP contribution in [0.15, 0.2) is 42.0 Å². The largest absolute Gasteiger partial charge is 0.507 e. The van der Waals surface area contributed by atoms with Gasteiger partial charge in [0.2, 0.25) is 0 Å². The molecule has 2 fully saturated rings. The Hall–Kier alpha value is -3.56. The Morgan fingerprint density at radius 3 is 2.38 bits per heavy atom. The second kappa shape index (κ2) is 13.7. The number of Topliss-reactive ketones (excluding diaryl/α,β-unsaturated/α-hetero) is 1. The van der Waals surface area contributed by atoms with Crippen molar-refractivity contribution in [1.29, 1.82) is 0 Å². The highest BCUT2D eigenvalue weighted by atomic mass is 16.5. The zero-order valence-corrected chi connectivity index (χ0v) is 23.9. The Morgan fingerprint density at radius 2 is 1.70 bits per heavy atom. The van der Waals surface area contributed by atoms with Crippen LogP contribution < -0.4 is 14.2 Å². The maximum atomic E-state index is 13.5. The van der Waals surface area contributed by atoms with Gasteiger partial charge in [-0.2, -0.15) is 0 Å². The van der Waals surface area contributed by atoms with Crippen LogP contribution in [0.2, 0.25) is 0 Å². The van der Waals surface area contributed by atoms with Crippen LogP contribution in [0, 0.1) is 6.92 Å². The minimum absolute atomic E-state index is 0.0580. The lowest BCUT2D eigenvalue weighted by Gasteiger charge is -2.29. The summed E-state index contributed by atoms with van der Waals surface area (Å²) < 4.78 is 22.2. The van der Waals surface area contributed by atoms with E-state index in [2.05, 4.69) is 11.8 Å². The number of amides is 1. The van der Waals surface area contributed by atoms with Crippen molar-refractivity contribution in [1.82, 2.24) is 9.80 Å². The molecule has 1 atom stereocenters. The summed E-state index contributed by atoms with van der Waals surface area (Å²) in [6.07, 6.45) is 2.65. The van der Waals surface area contributed by atoms with Gasteiger partial charge in [0.15, 0.2) is 11.5 Å². The van der Waals surface area contributed by atoms with Crippen LogP contribution in [0.25, 0.3) is 5.76 Å². The van der Waals surface area contributed by atoms with Crippen molar-refractivity contribution < 1.29 is 33.6 Å². The van der Waals surface area contributed by atoms with E-state index in [1.165, 1.54) is 7.11 Å². The van der Waals surface area contributed by atoms with Crippen LogP contribution in [-0.2, 0) is 14.3 Å². The van der Waals surface area contributed by atoms with E-state index in [0.717, 1.165) is 43.8 Å². The third-order valence-electron chi connectivity index (χ3n) is 7.44. The average Bonchev–Trinajstić information content (AvgIpc) is 3.23. The minimum atomic E-state index is -0.773. The second-order valence-electron chi connectivity index (χ2n) is 10.1. The fourth-order valence-corrected chi connectivity index (χ4v) is 5.21. The van der Waals surface area contributed by atoms with Crippen molar-refractivity contribution in [3.63, 3.8) is 0 Å². The van der Waals surface area contributed by atoms with Crippen LogP contribution in [0.3, 0.4) is 0 Å². The molecule has 1 amide bonds. The molecule has 2 aliphatic heterocycles. The van der Waals surface area contributed by atoms with Gasteiger partial charge in [-0.25, -0.2) is 0 Å². The summed E-state index contributed by atoms with van der Waals surface area (Å²) >= 11 is 0. The summed E-state index contributed by atoms with van der Waals surface area (Å²) in [5, 5.41) is 11.5. The molecule has 0 unspecified atom stereocenters. The molecule has 2 aromatic carbocycles. The summed E-state index contributed by atoms with van der Waals surface area (Å²) in [6, 6.07) is 9.84. The van der Waals surface area contributed by atoms with E-state index in [4.69, 9.17) is 18.9 Å². The molecule has 2 aliphatic rings. The lowest BCUT2D eigenvalue weighted by molar-refractivity contribution is -0.140. The molecule has 0 aliphatic carbocycles. The molecule has 0 bridgehead atoms. The highest BCUT2D eigenvalue weighted by molar-refractivity contribution is 6.46. The van der Waals surface area contributed by atoms with Crippen molar-refractivity contribution >= 4 is 17.4 Å². The number of carbonyl (C=O) groups excluding carboxylic acids is 2. The predicted octanol–water partition coefficient (Wildman–Crippen LogP) is 4.34. The van der Waals surface area contributed by atoms with E-state index in [-0.39, 0.29) is 11.3 Å². The number of aryl methyl sites for hydroxylation is 1. The number of methoxy groups -OCH3 is 2. The Kier molecular flexibility index (Phi) is 10.1. The zero-order valence-electron chi connectivity index (χ0n) is 23.9. The van der Waals surface area contributed by atoms with Gasteiger partial charge >= 0.3 is 0 Å². The smallest absolute Gasteiger partial charge is 0.295 e. The predicted molar refractivity (Wildman–Crippen MR) is 152 cm³/mol. The highest BCUT2D eigenvalue weighted by Gasteiger charge is 2.46. The second-order valence-corrected chi connectivity index (χ2v) is 10.1. The quantitative estimate of drug-likeness (QED) is 0.180. The Labute approximate surface area is 236 Å². The van der Waals surface area contributed by atoms with Crippen LogP contribution >= 0.6 is 0 Å². The van der Waals surface area contributed by atoms with Gasteiger partial charge in [0, 0.05) is 31.7 Å². The lowest BCUT2D eigenvalue weighted by atomic mass is 9.94. The topological polar surface area (TPSA) is 97.8 Å². The van der Waals surface area contributed by atoms with Gasteiger partial charge in [-0.1, -0.05) is 19.4 Å². The summed E-state index contributed by atoms with van der Waals surface area (Å²) in [4.78, 5) is 30.7. The summed E-state index contributed by atoms with van der Waals surface area (Å²) in [5.74, 6) is 0.194. The van der Waals surface area contributed by atoms with Crippen LogP contribution in [0.1, 0.15) is 48.9 Å². The highest BCUT2D eigenvalue weighted by Crippen LogP contribution is 2.42. The number of aliphatic hydroxyl groups excluding tert-OH is 1. The first-order valence-electron chi connectivity index (χ1n) is 13.9. The molecule has 1 N–H and O–H groups in total. The molecule has 2 heterocycles. The van der Waals surface area contributed by atoms with E-state index >= 15 is 0 Å². The summed E-state index contributed by atoms with van der Waals surface area (Å²) in [5.41, 5.74) is 2.00. The van der Waals surface area contributed by atoms with E-state index in [0.29, 0.717) is 55.4 Å². The minimum Gasteiger partial charge on any atom is -0.507 e. The Bertz CT molecular complexity index is 1240. The van der Waals surface area contributed by atoms with Crippen molar-refractivity contribution in [3.05, 3.63) is 58.7 Å². The fourth-order valence-electron chi connectivity index (χ4n) is 5.21. The molecule has 2 saturated heterocycles. The van der Waals surface area contributed by atoms with Crippen LogP contribution in [0.4, 0.5) is 0 Å². The van der Waals surface area contributed by atoms with Crippen molar-refractivity contribution in [2.45, 2.75) is 39.2 Å². The van der Waals surface area contributed by atoms with Gasteiger partial charge in [-0.3, -0.25) is 14.5 Å². The molecule has 0 radical (unpaired) electrons. The van der Waals surface area contributed by atoms with Gasteiger partial charge in [-0.05, 0) is 61.2 Å². The average molecular weight is 553 g/mol. The van der Waals surface area contributed by atoms with Gasteiger partial charge in [0.25, 0.3) is 11.7 Å². The number of unbranched alkanes of at least 4 members (excludes halogenated alkanes) is 1. The molecule has 2 aromatic rings. The number of nitrogens with zero attached hydrogens (tertiary/aromatic N) is 2. The Morgan fingerprint density at radius 1 is 0.975 bits per heavy atom. The van der Waals surface area contributed by atoms with E-state index < -0.39 is 17.7 Å². The normalized spacial score (nSPS) is 19.2. The van der Waals surface area contributed by atoms with E-state index in [1.807, 2.05) is 6.92 Å². The van der Waals surface area contributed by atoms with Crippen LogP contribution in [0.5, 0.6) is 17.2 Å². The number of aliphatic hydroxyl groups is 1. The first kappa shape index (κ1) is 29.4. The molecule has 40 heavy (non-hydrogen) atoms. The fraction of sp³-hybridized carbons (Fsp3) is 0.484. The maximum Gasteiger partial charge on any atom is 0.295 e. The molecule has 0 spiro atoms. The first-order chi connectivity index (χ1) is 19.4. The third-order valence-corrected chi connectivity index (χ3v) is 7.44. The monoisotopic (exact) mass is 552 g/mol. The SMILES string of the molecule is CCCCOc1ccc(/C(O)=C2\C(=O)C(=O)N(CCCN3CCOCC3)[C@@H]2c2ccc(OC)c(OC)c2)cc1C. The van der Waals surface area contributed by atoms with Crippen LogP contribution in [-0.4, -0.2) is 86.8 Å². The number of morpholine rings is 1. The molecular weight excluding hydrogens is 512 g/mol. The summed E-state index contributed by atoms with van der Waals surface area (Å²) in [6.45, 7) is 8.82. The van der Waals surface area contributed by atoms with E-state index in [1.54, 1.807) is 48.4 Å². The van der Waals surface area contributed by atoms with Gasteiger partial charge in [0.1, 0.15) is 11.5 Å². The molecule has 4 rings (SSSR count). The maximum absolute atomic E-state index is 13.5. The number of carbonyl (C=O) groups is 2. The third kappa shape index (κ3) is 6.42. The molecular formula is C31H40N2O7. The molecule has 9 heteroatoms. The molecule has 9 nitrogen and oxygen atoms in total. The zero-order chi connectivity index (χ0) is 28.6. The van der Waals surface area contributed by atoms with Crippen molar-refractivity contribution in [3.8, 4) is 17.2 Å². The molecule has 216 valence electrons. The van der Waals surface area contributed by atoms with Crippen molar-refractivity contribution in [2.75, 3.05) is 60.2 Å². The number of rotatable bonds is 12. The molecule has 0 aromatic heterocycles. The number of ketones is 1. The standard InChI is InChI=1S/C31H40N2O7/c1-5-6-16-40-24-10-9-23(19-21(24)2)29(34)27-28(22-8-11-25(37-3)26(20-22)38-4)33(31(36)30(27)35)13-7-12-32-14-17-39-18-15-32/h8-11,19-20,28,34H,5-7,12-18H2,1-4H3/b29-27+/t28-/m1/s1. The van der Waals surface area contributed by atoms with Gasteiger partial charge in [0.05, 0.1) is 45.7 Å². The first-order valence-corrected chi connectivity index (χ1v) is 13.9. The van der Waals surface area contributed by atoms with Gasteiger partial charge in [-0.15, -0.1) is 0 Å². The van der Waals surface area contributed by atoms with Gasteiger partial charge < -0.3 is 29.0 Å².